The summed E-state index contributed by atoms with van der Waals surface area (Å²) in [6.45, 7) is 1.87. The summed E-state index contributed by atoms with van der Waals surface area (Å²) in [5, 5.41) is 21.9. The molecule has 0 aliphatic heterocycles. The SMILES string of the molecule is Cc1ccc(Cl)c(NC(=O)c2cc(O)ccc2O)c1. The summed E-state index contributed by atoms with van der Waals surface area (Å²) < 4.78 is 0. The van der Waals surface area contributed by atoms with Crippen molar-refractivity contribution in [3.05, 3.63) is 52.5 Å². The zero-order valence-electron chi connectivity index (χ0n) is 10.1. The van der Waals surface area contributed by atoms with Crippen LogP contribution in [0.25, 0.3) is 0 Å². The van der Waals surface area contributed by atoms with E-state index in [1.54, 1.807) is 12.1 Å². The first-order chi connectivity index (χ1) is 8.97. The number of anilines is 1. The fourth-order valence-electron chi connectivity index (χ4n) is 1.63. The van der Waals surface area contributed by atoms with Crippen LogP contribution in [0, 0.1) is 6.92 Å². The standard InChI is InChI=1S/C14H12ClNO3/c1-8-2-4-11(15)12(6-8)16-14(19)10-7-9(17)3-5-13(10)18/h2-7,17-18H,1H3,(H,16,19). The van der Waals surface area contributed by atoms with E-state index in [0.29, 0.717) is 10.7 Å². The molecule has 0 radical (unpaired) electrons. The minimum absolute atomic E-state index is 0.0161. The third-order valence-electron chi connectivity index (χ3n) is 2.59. The molecule has 0 bridgehead atoms. The van der Waals surface area contributed by atoms with Gasteiger partial charge in [0.1, 0.15) is 11.5 Å². The average Bonchev–Trinajstić information content (AvgIpc) is 2.36. The number of amides is 1. The Bertz CT molecular complexity index is 641. The Morgan fingerprint density at radius 2 is 1.89 bits per heavy atom. The molecule has 0 spiro atoms. The van der Waals surface area contributed by atoms with Crippen LogP contribution in [0.3, 0.4) is 0 Å². The predicted molar refractivity (Wildman–Crippen MR) is 73.9 cm³/mol. The van der Waals surface area contributed by atoms with Crippen LogP contribution in [0.1, 0.15) is 15.9 Å². The molecule has 0 aromatic heterocycles. The van der Waals surface area contributed by atoms with Crippen LogP contribution in [0.15, 0.2) is 36.4 Å². The quantitative estimate of drug-likeness (QED) is 0.738. The van der Waals surface area contributed by atoms with Crippen LogP contribution in [0.4, 0.5) is 5.69 Å². The molecule has 2 aromatic rings. The van der Waals surface area contributed by atoms with E-state index in [9.17, 15) is 15.0 Å². The molecule has 98 valence electrons. The minimum atomic E-state index is -0.541. The van der Waals surface area contributed by atoms with Crippen molar-refractivity contribution in [1.82, 2.24) is 0 Å². The Balaban J connectivity index is 2.30. The molecule has 0 saturated carbocycles. The van der Waals surface area contributed by atoms with Crippen molar-refractivity contribution in [2.24, 2.45) is 0 Å². The van der Waals surface area contributed by atoms with Crippen LogP contribution in [0.2, 0.25) is 5.02 Å². The number of halogens is 1. The summed E-state index contributed by atoms with van der Waals surface area (Å²) in [6.07, 6.45) is 0. The highest BCUT2D eigenvalue weighted by atomic mass is 35.5. The molecule has 0 heterocycles. The smallest absolute Gasteiger partial charge is 0.259 e. The van der Waals surface area contributed by atoms with Gasteiger partial charge in [0.15, 0.2) is 0 Å². The first kappa shape index (κ1) is 13.2. The van der Waals surface area contributed by atoms with Gasteiger partial charge in [-0.3, -0.25) is 4.79 Å². The highest BCUT2D eigenvalue weighted by Crippen LogP contribution is 2.26. The van der Waals surface area contributed by atoms with E-state index < -0.39 is 5.91 Å². The molecule has 0 unspecified atom stereocenters. The second kappa shape index (κ2) is 5.20. The number of carbonyl (C=O) groups is 1. The first-order valence-electron chi connectivity index (χ1n) is 5.57. The molecule has 4 nitrogen and oxygen atoms in total. The molecule has 0 saturated heterocycles. The van der Waals surface area contributed by atoms with E-state index in [-0.39, 0.29) is 17.1 Å². The molecule has 1 amide bonds. The van der Waals surface area contributed by atoms with Crippen LogP contribution in [0.5, 0.6) is 11.5 Å². The van der Waals surface area contributed by atoms with E-state index in [2.05, 4.69) is 5.32 Å². The number of rotatable bonds is 2. The number of carbonyl (C=O) groups excluding carboxylic acids is 1. The van der Waals surface area contributed by atoms with E-state index in [0.717, 1.165) is 5.56 Å². The van der Waals surface area contributed by atoms with Crippen molar-refractivity contribution in [2.75, 3.05) is 5.32 Å². The second-order valence-electron chi connectivity index (χ2n) is 4.14. The van der Waals surface area contributed by atoms with Crippen LogP contribution in [-0.2, 0) is 0 Å². The van der Waals surface area contributed by atoms with E-state index in [1.165, 1.54) is 18.2 Å². The summed E-state index contributed by atoms with van der Waals surface area (Å²) in [6, 6.07) is 8.96. The van der Waals surface area contributed by atoms with Crippen molar-refractivity contribution in [1.29, 1.82) is 0 Å². The topological polar surface area (TPSA) is 69.6 Å². The number of phenols is 2. The highest BCUT2D eigenvalue weighted by Gasteiger charge is 2.13. The van der Waals surface area contributed by atoms with Gasteiger partial charge in [0.25, 0.3) is 5.91 Å². The monoisotopic (exact) mass is 277 g/mol. The number of phenolic OH excluding ortho intramolecular Hbond substituents is 2. The lowest BCUT2D eigenvalue weighted by Crippen LogP contribution is -2.12. The molecule has 2 rings (SSSR count). The molecular weight excluding hydrogens is 266 g/mol. The van der Waals surface area contributed by atoms with Gasteiger partial charge >= 0.3 is 0 Å². The van der Waals surface area contributed by atoms with Gasteiger partial charge in [-0.05, 0) is 42.8 Å². The van der Waals surface area contributed by atoms with Crippen molar-refractivity contribution in [3.8, 4) is 11.5 Å². The molecule has 2 aromatic carbocycles. The maximum Gasteiger partial charge on any atom is 0.259 e. The lowest BCUT2D eigenvalue weighted by atomic mass is 10.1. The lowest BCUT2D eigenvalue weighted by molar-refractivity contribution is 0.102. The third-order valence-corrected chi connectivity index (χ3v) is 2.92. The molecule has 19 heavy (non-hydrogen) atoms. The number of hydrogen-bond acceptors (Lipinski definition) is 3. The first-order valence-corrected chi connectivity index (χ1v) is 5.94. The third kappa shape index (κ3) is 2.98. The van der Waals surface area contributed by atoms with Crippen molar-refractivity contribution < 1.29 is 15.0 Å². The van der Waals surface area contributed by atoms with Gasteiger partial charge in [-0.25, -0.2) is 0 Å². The zero-order chi connectivity index (χ0) is 14.0. The van der Waals surface area contributed by atoms with Gasteiger partial charge in [-0.15, -0.1) is 0 Å². The highest BCUT2D eigenvalue weighted by molar-refractivity contribution is 6.34. The van der Waals surface area contributed by atoms with Gasteiger partial charge in [-0.1, -0.05) is 17.7 Å². The van der Waals surface area contributed by atoms with Crippen LogP contribution < -0.4 is 5.32 Å². The Kier molecular flexibility index (Phi) is 3.62. The van der Waals surface area contributed by atoms with E-state index in [1.807, 2.05) is 13.0 Å². The summed E-state index contributed by atoms with van der Waals surface area (Å²) in [4.78, 5) is 12.0. The summed E-state index contributed by atoms with van der Waals surface area (Å²) in [5.74, 6) is -0.849. The molecule has 0 atom stereocenters. The van der Waals surface area contributed by atoms with Crippen molar-refractivity contribution >= 4 is 23.2 Å². The van der Waals surface area contributed by atoms with Gasteiger partial charge < -0.3 is 15.5 Å². The van der Waals surface area contributed by atoms with Gasteiger partial charge in [-0.2, -0.15) is 0 Å². The molecule has 0 fully saturated rings. The summed E-state index contributed by atoms with van der Waals surface area (Å²) in [7, 11) is 0. The maximum absolute atomic E-state index is 12.0. The minimum Gasteiger partial charge on any atom is -0.508 e. The fraction of sp³-hybridized carbons (Fsp3) is 0.0714. The largest absolute Gasteiger partial charge is 0.508 e. The number of benzene rings is 2. The van der Waals surface area contributed by atoms with Crippen molar-refractivity contribution in [3.63, 3.8) is 0 Å². The van der Waals surface area contributed by atoms with E-state index >= 15 is 0 Å². The Hall–Kier alpha value is -2.20. The van der Waals surface area contributed by atoms with Gasteiger partial charge in [0.2, 0.25) is 0 Å². The average molecular weight is 278 g/mol. The Morgan fingerprint density at radius 3 is 2.63 bits per heavy atom. The molecule has 0 aliphatic rings. The molecule has 5 heteroatoms. The van der Waals surface area contributed by atoms with Gasteiger partial charge in [0, 0.05) is 0 Å². The zero-order valence-corrected chi connectivity index (χ0v) is 10.9. The van der Waals surface area contributed by atoms with E-state index in [4.69, 9.17) is 11.6 Å². The molecule has 3 N–H and O–H groups in total. The number of nitrogens with one attached hydrogen (secondary N) is 1. The number of aryl methyl sites for hydroxylation is 1. The fourth-order valence-corrected chi connectivity index (χ4v) is 1.80. The van der Waals surface area contributed by atoms with Crippen LogP contribution >= 0.6 is 11.6 Å². The molecular formula is C14H12ClNO3. The molecule has 0 aliphatic carbocycles. The maximum atomic E-state index is 12.0. The van der Waals surface area contributed by atoms with Crippen molar-refractivity contribution in [2.45, 2.75) is 6.92 Å². The summed E-state index contributed by atoms with van der Waals surface area (Å²) >= 11 is 5.97. The Labute approximate surface area is 115 Å². The Morgan fingerprint density at radius 1 is 1.16 bits per heavy atom. The number of aromatic hydroxyl groups is 2. The van der Waals surface area contributed by atoms with Crippen LogP contribution in [-0.4, -0.2) is 16.1 Å². The number of hydrogen-bond donors (Lipinski definition) is 3. The second-order valence-corrected chi connectivity index (χ2v) is 4.55. The van der Waals surface area contributed by atoms with Gasteiger partial charge in [0.05, 0.1) is 16.3 Å². The normalized spacial score (nSPS) is 10.2. The summed E-state index contributed by atoms with van der Waals surface area (Å²) in [5.41, 5.74) is 1.38. The lowest BCUT2D eigenvalue weighted by Gasteiger charge is -2.09. The predicted octanol–water partition coefficient (Wildman–Crippen LogP) is 3.31.